The number of aromatic amines is 1. The zero-order chi connectivity index (χ0) is 10.6. The number of aromatic nitrogens is 2. The van der Waals surface area contributed by atoms with Crippen LogP contribution in [0, 0.1) is 6.92 Å². The molecule has 0 unspecified atom stereocenters. The summed E-state index contributed by atoms with van der Waals surface area (Å²) in [7, 11) is 0. The molecule has 0 saturated carbocycles. The van der Waals surface area contributed by atoms with Gasteiger partial charge in [0.15, 0.2) is 5.82 Å². The second-order valence-corrected chi connectivity index (χ2v) is 3.49. The van der Waals surface area contributed by atoms with Crippen molar-refractivity contribution in [3.63, 3.8) is 0 Å². The van der Waals surface area contributed by atoms with Gasteiger partial charge in [0.25, 0.3) is 0 Å². The highest BCUT2D eigenvalue weighted by atomic mass is 15.2. The monoisotopic (exact) mass is 196 g/mol. The molecule has 0 amide bonds. The summed E-state index contributed by atoms with van der Waals surface area (Å²) in [5, 5.41) is 0. The fourth-order valence-corrected chi connectivity index (χ4v) is 1.50. The molecule has 1 aromatic heterocycles. The molecule has 1 aromatic rings. The Bertz CT molecular complexity index is 280. The quantitative estimate of drug-likeness (QED) is 0.756. The van der Waals surface area contributed by atoms with Crippen molar-refractivity contribution in [3.05, 3.63) is 5.82 Å². The predicted molar refractivity (Wildman–Crippen MR) is 60.5 cm³/mol. The first-order chi connectivity index (χ1) is 6.69. The Morgan fingerprint density at radius 1 is 1.43 bits per heavy atom. The molecule has 0 radical (unpaired) electrons. The Balaban J connectivity index is 2.72. The van der Waals surface area contributed by atoms with E-state index >= 15 is 0 Å². The normalized spacial score (nSPS) is 10.5. The number of aryl methyl sites for hydroxylation is 1. The van der Waals surface area contributed by atoms with Crippen LogP contribution in [-0.4, -0.2) is 23.1 Å². The first-order valence-corrected chi connectivity index (χ1v) is 5.26. The fraction of sp³-hybridized carbons (Fsp3) is 0.700. The molecule has 1 heterocycles. The van der Waals surface area contributed by atoms with E-state index < -0.39 is 0 Å². The third kappa shape index (κ3) is 2.40. The standard InChI is InChI=1S/C10H20N4/c1-4-6-7-14(5-2)10-9(11)12-8(3)13-10/h4-7,11H2,1-3H3,(H,12,13). The maximum Gasteiger partial charge on any atom is 0.171 e. The molecule has 4 nitrogen and oxygen atoms in total. The number of unbranched alkanes of at least 4 members (excludes halogenated alkanes) is 1. The number of imidazole rings is 1. The van der Waals surface area contributed by atoms with Gasteiger partial charge in [-0.1, -0.05) is 13.3 Å². The minimum absolute atomic E-state index is 0.681. The van der Waals surface area contributed by atoms with E-state index in [1.807, 2.05) is 6.92 Å². The van der Waals surface area contributed by atoms with Gasteiger partial charge in [-0.15, -0.1) is 0 Å². The van der Waals surface area contributed by atoms with Gasteiger partial charge in [0.05, 0.1) is 0 Å². The van der Waals surface area contributed by atoms with Crippen LogP contribution in [0.5, 0.6) is 0 Å². The van der Waals surface area contributed by atoms with E-state index in [-0.39, 0.29) is 0 Å². The van der Waals surface area contributed by atoms with Crippen LogP contribution in [0.3, 0.4) is 0 Å². The number of hydrogen-bond acceptors (Lipinski definition) is 3. The van der Waals surface area contributed by atoms with Gasteiger partial charge in [0.1, 0.15) is 11.6 Å². The van der Waals surface area contributed by atoms with E-state index in [9.17, 15) is 0 Å². The lowest BCUT2D eigenvalue weighted by molar-refractivity contribution is 0.726. The van der Waals surface area contributed by atoms with Crippen LogP contribution >= 0.6 is 0 Å². The SMILES string of the molecule is CCCCN(CC)c1nc(C)[nH]c1N. The van der Waals surface area contributed by atoms with Crippen LogP contribution in [0.1, 0.15) is 32.5 Å². The molecule has 4 heteroatoms. The number of H-pyrrole nitrogens is 1. The molecule has 1 rings (SSSR count). The molecule has 0 aliphatic carbocycles. The van der Waals surface area contributed by atoms with Gasteiger partial charge in [-0.05, 0) is 20.3 Å². The van der Waals surface area contributed by atoms with Crippen LogP contribution in [-0.2, 0) is 0 Å². The third-order valence-corrected chi connectivity index (χ3v) is 2.29. The number of nitrogens with zero attached hydrogens (tertiary/aromatic N) is 2. The molecule has 0 fully saturated rings. The predicted octanol–water partition coefficient (Wildman–Crippen LogP) is 1.93. The number of anilines is 2. The van der Waals surface area contributed by atoms with E-state index in [2.05, 4.69) is 28.7 Å². The van der Waals surface area contributed by atoms with Crippen molar-refractivity contribution in [1.29, 1.82) is 0 Å². The van der Waals surface area contributed by atoms with Crippen molar-refractivity contribution in [2.75, 3.05) is 23.7 Å². The molecular weight excluding hydrogens is 176 g/mol. The van der Waals surface area contributed by atoms with E-state index in [1.54, 1.807) is 0 Å². The topological polar surface area (TPSA) is 57.9 Å². The van der Waals surface area contributed by atoms with Gasteiger partial charge in [-0.25, -0.2) is 4.98 Å². The maximum absolute atomic E-state index is 5.83. The van der Waals surface area contributed by atoms with Crippen molar-refractivity contribution in [2.24, 2.45) is 0 Å². The first-order valence-electron chi connectivity index (χ1n) is 5.26. The van der Waals surface area contributed by atoms with E-state index in [4.69, 9.17) is 5.73 Å². The maximum atomic E-state index is 5.83. The van der Waals surface area contributed by atoms with Gasteiger partial charge in [0, 0.05) is 13.1 Å². The van der Waals surface area contributed by atoms with Gasteiger partial charge in [-0.2, -0.15) is 0 Å². The lowest BCUT2D eigenvalue weighted by Crippen LogP contribution is -2.25. The van der Waals surface area contributed by atoms with Crippen LogP contribution in [0.4, 0.5) is 11.6 Å². The van der Waals surface area contributed by atoms with Crippen LogP contribution in [0.25, 0.3) is 0 Å². The number of rotatable bonds is 5. The average molecular weight is 196 g/mol. The van der Waals surface area contributed by atoms with Crippen molar-refractivity contribution in [2.45, 2.75) is 33.6 Å². The lowest BCUT2D eigenvalue weighted by atomic mass is 10.3. The zero-order valence-corrected chi connectivity index (χ0v) is 9.30. The van der Waals surface area contributed by atoms with Crippen molar-refractivity contribution in [3.8, 4) is 0 Å². The molecule has 0 saturated heterocycles. The van der Waals surface area contributed by atoms with E-state index in [0.29, 0.717) is 5.82 Å². The summed E-state index contributed by atoms with van der Waals surface area (Å²) in [6, 6.07) is 0. The Morgan fingerprint density at radius 3 is 2.57 bits per heavy atom. The summed E-state index contributed by atoms with van der Waals surface area (Å²) < 4.78 is 0. The molecule has 0 aliphatic heterocycles. The molecule has 80 valence electrons. The van der Waals surface area contributed by atoms with Gasteiger partial charge in [0.2, 0.25) is 0 Å². The van der Waals surface area contributed by atoms with Crippen molar-refractivity contribution in [1.82, 2.24) is 9.97 Å². The van der Waals surface area contributed by atoms with Crippen molar-refractivity contribution < 1.29 is 0 Å². The van der Waals surface area contributed by atoms with Gasteiger partial charge in [-0.3, -0.25) is 0 Å². The first kappa shape index (κ1) is 10.9. The van der Waals surface area contributed by atoms with Crippen LogP contribution in [0.15, 0.2) is 0 Å². The Kier molecular flexibility index (Phi) is 3.80. The molecule has 0 aromatic carbocycles. The highest BCUT2D eigenvalue weighted by Crippen LogP contribution is 2.19. The second-order valence-electron chi connectivity index (χ2n) is 3.49. The summed E-state index contributed by atoms with van der Waals surface area (Å²) in [4.78, 5) is 9.61. The molecule has 0 atom stereocenters. The van der Waals surface area contributed by atoms with E-state index in [0.717, 1.165) is 24.7 Å². The summed E-state index contributed by atoms with van der Waals surface area (Å²) >= 11 is 0. The minimum atomic E-state index is 0.681. The smallest absolute Gasteiger partial charge is 0.171 e. The Labute approximate surface area is 85.5 Å². The zero-order valence-electron chi connectivity index (χ0n) is 9.30. The van der Waals surface area contributed by atoms with Crippen molar-refractivity contribution >= 4 is 11.6 Å². The molecular formula is C10H20N4. The lowest BCUT2D eigenvalue weighted by Gasteiger charge is -2.20. The number of hydrogen-bond donors (Lipinski definition) is 2. The summed E-state index contributed by atoms with van der Waals surface area (Å²) in [6.45, 7) is 8.22. The average Bonchev–Trinajstić information content (AvgIpc) is 2.47. The van der Waals surface area contributed by atoms with Gasteiger partial charge < -0.3 is 15.6 Å². The summed E-state index contributed by atoms with van der Waals surface area (Å²) in [5.41, 5.74) is 5.83. The summed E-state index contributed by atoms with van der Waals surface area (Å²) in [5.74, 6) is 2.46. The molecule has 3 N–H and O–H groups in total. The van der Waals surface area contributed by atoms with E-state index in [1.165, 1.54) is 12.8 Å². The van der Waals surface area contributed by atoms with Crippen LogP contribution < -0.4 is 10.6 Å². The molecule has 0 aliphatic rings. The molecule has 0 spiro atoms. The number of nitrogen functional groups attached to an aromatic ring is 1. The minimum Gasteiger partial charge on any atom is -0.382 e. The largest absolute Gasteiger partial charge is 0.382 e. The summed E-state index contributed by atoms with van der Waals surface area (Å²) in [6.07, 6.45) is 2.37. The molecule has 0 bridgehead atoms. The number of nitrogens with one attached hydrogen (secondary N) is 1. The second kappa shape index (κ2) is 4.88. The highest BCUT2D eigenvalue weighted by molar-refractivity contribution is 5.58. The molecule has 14 heavy (non-hydrogen) atoms. The highest BCUT2D eigenvalue weighted by Gasteiger charge is 2.11. The number of nitrogens with two attached hydrogens (primary N) is 1. The Morgan fingerprint density at radius 2 is 2.14 bits per heavy atom. The van der Waals surface area contributed by atoms with Crippen LogP contribution in [0.2, 0.25) is 0 Å². The fourth-order valence-electron chi connectivity index (χ4n) is 1.50. The third-order valence-electron chi connectivity index (χ3n) is 2.29. The van der Waals surface area contributed by atoms with Gasteiger partial charge >= 0.3 is 0 Å². The Hall–Kier alpha value is -1.19.